The molecule has 1 fully saturated rings. The number of carbonyl (C=O) groups is 1. The first-order chi connectivity index (χ1) is 13.2. The third-order valence-electron chi connectivity index (χ3n) is 5.47. The zero-order valence-electron chi connectivity index (χ0n) is 14.6. The first kappa shape index (κ1) is 15.9. The largest absolute Gasteiger partial charge is 0.338 e. The van der Waals surface area contributed by atoms with Gasteiger partial charge in [-0.3, -0.25) is 9.59 Å². The van der Waals surface area contributed by atoms with Crippen molar-refractivity contribution in [1.82, 2.24) is 29.7 Å². The minimum atomic E-state index is 0.00588. The van der Waals surface area contributed by atoms with Gasteiger partial charge in [-0.05, 0) is 47.0 Å². The SMILES string of the molecule is O=C(c1cccc(-n2cnnn2)c1)N1C[C@@H]2C[C@H](C1)c1cccc(=O)n1C2. The van der Waals surface area contributed by atoms with Crippen LogP contribution in [-0.2, 0) is 6.54 Å². The van der Waals surface area contributed by atoms with Crippen molar-refractivity contribution in [2.75, 3.05) is 13.1 Å². The molecule has 1 saturated heterocycles. The number of rotatable bonds is 2. The van der Waals surface area contributed by atoms with Gasteiger partial charge in [-0.2, -0.15) is 0 Å². The lowest BCUT2D eigenvalue weighted by Gasteiger charge is -2.42. The van der Waals surface area contributed by atoms with Crippen LogP contribution >= 0.6 is 0 Å². The number of carbonyl (C=O) groups excluding carboxylic acids is 1. The lowest BCUT2D eigenvalue weighted by Crippen LogP contribution is -2.49. The monoisotopic (exact) mass is 362 g/mol. The van der Waals surface area contributed by atoms with E-state index < -0.39 is 0 Å². The minimum Gasteiger partial charge on any atom is -0.338 e. The highest BCUT2D eigenvalue weighted by Gasteiger charge is 2.36. The van der Waals surface area contributed by atoms with Crippen molar-refractivity contribution >= 4 is 5.91 Å². The fourth-order valence-electron chi connectivity index (χ4n) is 4.31. The molecule has 0 unspecified atom stereocenters. The molecular formula is C19H18N6O2. The second kappa shape index (κ2) is 6.15. The normalized spacial score (nSPS) is 21.0. The number of likely N-dealkylation sites (tertiary alicyclic amines) is 1. The van der Waals surface area contributed by atoms with Crippen LogP contribution in [0.4, 0.5) is 0 Å². The summed E-state index contributed by atoms with van der Waals surface area (Å²) in [4.78, 5) is 27.2. The summed E-state index contributed by atoms with van der Waals surface area (Å²) in [5.74, 6) is 0.521. The Balaban J connectivity index is 1.43. The van der Waals surface area contributed by atoms with Gasteiger partial charge in [0, 0.05) is 42.9 Å². The summed E-state index contributed by atoms with van der Waals surface area (Å²) in [5.41, 5.74) is 2.46. The zero-order chi connectivity index (χ0) is 18.4. The molecule has 8 heteroatoms. The van der Waals surface area contributed by atoms with E-state index in [9.17, 15) is 9.59 Å². The van der Waals surface area contributed by atoms with Crippen molar-refractivity contribution in [3.05, 3.63) is 70.4 Å². The highest BCUT2D eigenvalue weighted by atomic mass is 16.2. The van der Waals surface area contributed by atoms with Gasteiger partial charge in [0.05, 0.1) is 5.69 Å². The van der Waals surface area contributed by atoms with Gasteiger partial charge < -0.3 is 9.47 Å². The third-order valence-corrected chi connectivity index (χ3v) is 5.47. The van der Waals surface area contributed by atoms with Crippen molar-refractivity contribution in [1.29, 1.82) is 0 Å². The molecule has 2 aromatic heterocycles. The Labute approximate surface area is 155 Å². The Morgan fingerprint density at radius 3 is 2.81 bits per heavy atom. The average Bonchev–Trinajstić information content (AvgIpc) is 3.23. The average molecular weight is 362 g/mol. The van der Waals surface area contributed by atoms with Gasteiger partial charge in [0.15, 0.2) is 0 Å². The first-order valence-electron chi connectivity index (χ1n) is 9.01. The number of aromatic nitrogens is 5. The third kappa shape index (κ3) is 2.73. The molecule has 0 N–H and O–H groups in total. The molecule has 3 aromatic rings. The van der Waals surface area contributed by atoms with Gasteiger partial charge in [-0.15, -0.1) is 5.10 Å². The molecule has 0 aliphatic carbocycles. The number of fused-ring (bicyclic) bond motifs is 4. The van der Waals surface area contributed by atoms with Crippen molar-refractivity contribution in [2.24, 2.45) is 5.92 Å². The topological polar surface area (TPSA) is 85.9 Å². The molecule has 2 aliphatic rings. The molecule has 0 saturated carbocycles. The van der Waals surface area contributed by atoms with Crippen LogP contribution in [-0.4, -0.2) is 48.7 Å². The lowest BCUT2D eigenvalue weighted by atomic mass is 9.83. The smallest absolute Gasteiger partial charge is 0.253 e. The summed E-state index contributed by atoms with van der Waals surface area (Å²) < 4.78 is 3.41. The number of amides is 1. The van der Waals surface area contributed by atoms with Crippen LogP contribution in [0.25, 0.3) is 5.69 Å². The Kier molecular flexibility index (Phi) is 3.63. The van der Waals surface area contributed by atoms with Crippen molar-refractivity contribution in [3.63, 3.8) is 0 Å². The van der Waals surface area contributed by atoms with Gasteiger partial charge in [0.2, 0.25) is 0 Å². The summed E-state index contributed by atoms with van der Waals surface area (Å²) in [5, 5.41) is 11.2. The molecule has 2 atom stereocenters. The molecule has 136 valence electrons. The van der Waals surface area contributed by atoms with Gasteiger partial charge in [-0.25, -0.2) is 4.68 Å². The molecule has 2 aliphatic heterocycles. The maximum Gasteiger partial charge on any atom is 0.253 e. The summed E-state index contributed by atoms with van der Waals surface area (Å²) in [6, 6.07) is 12.8. The van der Waals surface area contributed by atoms with Crippen molar-refractivity contribution in [3.8, 4) is 5.69 Å². The van der Waals surface area contributed by atoms with Crippen molar-refractivity contribution in [2.45, 2.75) is 18.9 Å². The van der Waals surface area contributed by atoms with Gasteiger partial charge in [-0.1, -0.05) is 12.1 Å². The standard InChI is InChI=1S/C19H18N6O2/c26-18-6-2-5-17-15-7-13(10-24(17)18)9-23(11-15)19(27)14-3-1-4-16(8-14)25-12-20-21-22-25/h1-6,8,12-13,15H,7,9-11H2/t13-,15+/m0/s1. The molecule has 0 spiro atoms. The predicted octanol–water partition coefficient (Wildman–Crippen LogP) is 1.08. The second-order valence-corrected chi connectivity index (χ2v) is 7.21. The molecular weight excluding hydrogens is 344 g/mol. The maximum atomic E-state index is 13.1. The quantitative estimate of drug-likeness (QED) is 0.681. The van der Waals surface area contributed by atoms with Crippen LogP contribution in [0.5, 0.6) is 0 Å². The lowest BCUT2D eigenvalue weighted by molar-refractivity contribution is 0.0594. The number of piperidine rings is 1. The van der Waals surface area contributed by atoms with Crippen molar-refractivity contribution < 1.29 is 4.79 Å². The van der Waals surface area contributed by atoms with E-state index in [1.54, 1.807) is 6.07 Å². The van der Waals surface area contributed by atoms with Crippen LogP contribution in [0.2, 0.25) is 0 Å². The summed E-state index contributed by atoms with van der Waals surface area (Å²) in [7, 11) is 0. The van der Waals surface area contributed by atoms with E-state index in [-0.39, 0.29) is 17.4 Å². The summed E-state index contributed by atoms with van der Waals surface area (Å²) in [6.45, 7) is 1.99. The second-order valence-electron chi connectivity index (χ2n) is 7.21. The predicted molar refractivity (Wildman–Crippen MR) is 96.6 cm³/mol. The molecule has 1 amide bonds. The van der Waals surface area contributed by atoms with E-state index in [0.717, 1.165) is 17.8 Å². The fourth-order valence-corrected chi connectivity index (χ4v) is 4.31. The molecule has 5 rings (SSSR count). The Morgan fingerprint density at radius 2 is 1.96 bits per heavy atom. The van der Waals surface area contributed by atoms with E-state index in [4.69, 9.17) is 0 Å². The molecule has 4 heterocycles. The summed E-state index contributed by atoms with van der Waals surface area (Å²) >= 11 is 0. The zero-order valence-corrected chi connectivity index (χ0v) is 14.6. The number of tetrazole rings is 1. The van der Waals surface area contributed by atoms with E-state index in [0.29, 0.717) is 31.1 Å². The van der Waals surface area contributed by atoms with Gasteiger partial charge in [0.25, 0.3) is 11.5 Å². The number of hydrogen-bond donors (Lipinski definition) is 0. The molecule has 0 radical (unpaired) electrons. The Morgan fingerprint density at radius 1 is 1.07 bits per heavy atom. The number of hydrogen-bond acceptors (Lipinski definition) is 5. The van der Waals surface area contributed by atoms with Crippen LogP contribution in [0.15, 0.2) is 53.6 Å². The Hall–Kier alpha value is -3.29. The summed E-state index contributed by atoms with van der Waals surface area (Å²) in [6.07, 6.45) is 2.53. The molecule has 8 nitrogen and oxygen atoms in total. The highest BCUT2D eigenvalue weighted by Crippen LogP contribution is 2.35. The fraction of sp³-hybridized carbons (Fsp3) is 0.316. The van der Waals surface area contributed by atoms with Crippen LogP contribution in [0.3, 0.4) is 0 Å². The number of pyridine rings is 1. The highest BCUT2D eigenvalue weighted by molar-refractivity contribution is 5.94. The Bertz CT molecular complexity index is 1060. The number of benzene rings is 1. The van der Waals surface area contributed by atoms with Crippen LogP contribution in [0.1, 0.15) is 28.4 Å². The van der Waals surface area contributed by atoms with E-state index in [2.05, 4.69) is 15.5 Å². The van der Waals surface area contributed by atoms with E-state index in [1.807, 2.05) is 45.9 Å². The minimum absolute atomic E-state index is 0.00588. The maximum absolute atomic E-state index is 13.1. The van der Waals surface area contributed by atoms with E-state index >= 15 is 0 Å². The van der Waals surface area contributed by atoms with Crippen LogP contribution in [0, 0.1) is 5.92 Å². The van der Waals surface area contributed by atoms with Crippen LogP contribution < -0.4 is 5.56 Å². The van der Waals surface area contributed by atoms with E-state index in [1.165, 1.54) is 11.0 Å². The number of nitrogens with zero attached hydrogens (tertiary/aromatic N) is 6. The molecule has 2 bridgehead atoms. The molecule has 27 heavy (non-hydrogen) atoms. The van der Waals surface area contributed by atoms with Gasteiger partial charge >= 0.3 is 0 Å². The first-order valence-corrected chi connectivity index (χ1v) is 9.01. The molecule has 1 aromatic carbocycles. The van der Waals surface area contributed by atoms with Gasteiger partial charge in [0.1, 0.15) is 6.33 Å².